The van der Waals surface area contributed by atoms with E-state index in [0.717, 1.165) is 16.7 Å². The van der Waals surface area contributed by atoms with E-state index in [1.54, 1.807) is 19.1 Å². The number of rotatable bonds is 6. The van der Waals surface area contributed by atoms with Crippen LogP contribution in [-0.2, 0) is 22.6 Å². The second kappa shape index (κ2) is 8.78. The summed E-state index contributed by atoms with van der Waals surface area (Å²) in [7, 11) is 3.16. The van der Waals surface area contributed by atoms with E-state index in [4.69, 9.17) is 14.2 Å². The quantitative estimate of drug-likeness (QED) is 0.756. The van der Waals surface area contributed by atoms with Gasteiger partial charge in [-0.1, -0.05) is 30.3 Å². The van der Waals surface area contributed by atoms with Crippen molar-refractivity contribution in [1.82, 2.24) is 4.90 Å². The molecule has 0 bridgehead atoms. The number of benzene rings is 2. The third-order valence-electron chi connectivity index (χ3n) is 4.92. The predicted molar refractivity (Wildman–Crippen MR) is 105 cm³/mol. The Balaban J connectivity index is 1.85. The number of carbonyl (C=O) groups is 2. The molecule has 0 saturated heterocycles. The molecule has 148 valence electrons. The monoisotopic (exact) mass is 383 g/mol. The van der Waals surface area contributed by atoms with Crippen LogP contribution in [0, 0.1) is 0 Å². The van der Waals surface area contributed by atoms with Crippen molar-refractivity contribution in [3.05, 3.63) is 59.2 Å². The Hall–Kier alpha value is -3.02. The largest absolute Gasteiger partial charge is 0.493 e. The van der Waals surface area contributed by atoms with Crippen LogP contribution >= 0.6 is 0 Å². The van der Waals surface area contributed by atoms with E-state index in [1.165, 1.54) is 6.92 Å². The van der Waals surface area contributed by atoms with Crippen molar-refractivity contribution < 1.29 is 23.8 Å². The lowest BCUT2D eigenvalue weighted by molar-refractivity contribution is -0.118. The number of hydrogen-bond acceptors (Lipinski definition) is 5. The number of methoxy groups -OCH3 is 2. The van der Waals surface area contributed by atoms with Crippen LogP contribution in [-0.4, -0.2) is 37.5 Å². The molecule has 2 aromatic rings. The van der Waals surface area contributed by atoms with Gasteiger partial charge in [-0.3, -0.25) is 4.79 Å². The van der Waals surface area contributed by atoms with Gasteiger partial charge in [0.2, 0.25) is 0 Å². The summed E-state index contributed by atoms with van der Waals surface area (Å²) < 4.78 is 16.3. The van der Waals surface area contributed by atoms with Crippen LogP contribution in [0.1, 0.15) is 36.1 Å². The van der Waals surface area contributed by atoms with Crippen LogP contribution in [0.15, 0.2) is 42.5 Å². The molecule has 28 heavy (non-hydrogen) atoms. The zero-order chi connectivity index (χ0) is 20.1. The van der Waals surface area contributed by atoms with Gasteiger partial charge in [0.1, 0.15) is 12.4 Å². The lowest BCUT2D eigenvalue weighted by Crippen LogP contribution is -2.41. The Morgan fingerprint density at radius 3 is 2.39 bits per heavy atom. The molecule has 0 saturated carbocycles. The minimum atomic E-state index is -0.421. The smallest absolute Gasteiger partial charge is 0.410 e. The Bertz CT molecular complexity index is 850. The molecule has 1 aliphatic rings. The maximum Gasteiger partial charge on any atom is 0.410 e. The number of Topliss-reactive ketones (excluding diaryl/α,β-unsaturated/α-hetero) is 1. The van der Waals surface area contributed by atoms with Gasteiger partial charge < -0.3 is 19.1 Å². The third kappa shape index (κ3) is 4.27. The van der Waals surface area contributed by atoms with Crippen molar-refractivity contribution in [2.24, 2.45) is 0 Å². The zero-order valence-corrected chi connectivity index (χ0v) is 16.4. The van der Waals surface area contributed by atoms with Gasteiger partial charge >= 0.3 is 6.09 Å². The molecule has 1 atom stereocenters. The molecule has 1 heterocycles. The van der Waals surface area contributed by atoms with E-state index in [1.807, 2.05) is 42.5 Å². The molecular weight excluding hydrogens is 358 g/mol. The highest BCUT2D eigenvalue weighted by molar-refractivity contribution is 5.78. The van der Waals surface area contributed by atoms with Crippen molar-refractivity contribution in [3.63, 3.8) is 0 Å². The Labute approximate surface area is 165 Å². The Morgan fingerprint density at radius 2 is 1.75 bits per heavy atom. The average molecular weight is 383 g/mol. The topological polar surface area (TPSA) is 65.1 Å². The van der Waals surface area contributed by atoms with E-state index >= 15 is 0 Å². The zero-order valence-electron chi connectivity index (χ0n) is 16.4. The highest BCUT2D eigenvalue weighted by Gasteiger charge is 2.33. The molecule has 1 unspecified atom stereocenters. The van der Waals surface area contributed by atoms with E-state index in [0.29, 0.717) is 24.5 Å². The fraction of sp³-hybridized carbons (Fsp3) is 0.364. The normalized spacial score (nSPS) is 15.5. The number of carbonyl (C=O) groups excluding carboxylic acids is 2. The minimum Gasteiger partial charge on any atom is -0.493 e. The van der Waals surface area contributed by atoms with Crippen molar-refractivity contribution >= 4 is 11.9 Å². The number of amides is 1. The van der Waals surface area contributed by atoms with Crippen LogP contribution in [0.4, 0.5) is 4.79 Å². The first kappa shape index (κ1) is 19.7. The number of hydrogen-bond donors (Lipinski definition) is 0. The second-order valence-corrected chi connectivity index (χ2v) is 6.81. The molecule has 0 N–H and O–H groups in total. The SMILES string of the molecule is COc1cc2c(cc1OC)C(CC(C)=O)N(C(=O)OCc1ccccc1)CC2. The molecule has 0 radical (unpaired) electrons. The van der Waals surface area contributed by atoms with Gasteiger partial charge in [0, 0.05) is 13.0 Å². The summed E-state index contributed by atoms with van der Waals surface area (Å²) in [5.41, 5.74) is 2.87. The molecule has 0 spiro atoms. The number of ether oxygens (including phenoxy) is 3. The van der Waals surface area contributed by atoms with Gasteiger partial charge in [-0.25, -0.2) is 4.79 Å². The maximum atomic E-state index is 12.8. The first-order valence-electron chi connectivity index (χ1n) is 9.25. The molecule has 0 aliphatic carbocycles. The van der Waals surface area contributed by atoms with Crippen molar-refractivity contribution in [2.75, 3.05) is 20.8 Å². The standard InChI is InChI=1S/C22H25NO5/c1-15(24)11-19-18-13-21(27-3)20(26-2)12-17(18)9-10-23(19)22(25)28-14-16-7-5-4-6-8-16/h4-8,12-13,19H,9-11,14H2,1-3H3. The first-order valence-corrected chi connectivity index (χ1v) is 9.25. The van der Waals surface area contributed by atoms with Crippen LogP contribution < -0.4 is 9.47 Å². The Kier molecular flexibility index (Phi) is 6.19. The minimum absolute atomic E-state index is 0.00787. The van der Waals surface area contributed by atoms with Gasteiger partial charge in [-0.05, 0) is 42.2 Å². The van der Waals surface area contributed by atoms with Gasteiger partial charge in [0.05, 0.1) is 20.3 Å². The first-order chi connectivity index (χ1) is 13.5. The highest BCUT2D eigenvalue weighted by Crippen LogP contribution is 2.39. The summed E-state index contributed by atoms with van der Waals surface area (Å²) in [4.78, 5) is 26.3. The second-order valence-electron chi connectivity index (χ2n) is 6.81. The predicted octanol–water partition coefficient (Wildman–Crippen LogP) is 3.92. The summed E-state index contributed by atoms with van der Waals surface area (Å²) >= 11 is 0. The van der Waals surface area contributed by atoms with Gasteiger partial charge in [0.15, 0.2) is 11.5 Å². The molecule has 0 aromatic heterocycles. The van der Waals surface area contributed by atoms with Crippen molar-refractivity contribution in [1.29, 1.82) is 0 Å². The van der Waals surface area contributed by atoms with Crippen LogP contribution in [0.5, 0.6) is 11.5 Å². The summed E-state index contributed by atoms with van der Waals surface area (Å²) in [6.45, 7) is 2.21. The summed E-state index contributed by atoms with van der Waals surface area (Å²) in [5, 5.41) is 0. The number of nitrogens with zero attached hydrogens (tertiary/aromatic N) is 1. The van der Waals surface area contributed by atoms with Gasteiger partial charge in [0.25, 0.3) is 0 Å². The Morgan fingerprint density at radius 1 is 1.07 bits per heavy atom. The van der Waals surface area contributed by atoms with E-state index < -0.39 is 6.09 Å². The molecule has 1 aliphatic heterocycles. The lowest BCUT2D eigenvalue weighted by atomic mass is 9.89. The molecule has 3 rings (SSSR count). The summed E-state index contributed by atoms with van der Waals surface area (Å²) in [5.74, 6) is 1.23. The third-order valence-corrected chi connectivity index (χ3v) is 4.92. The molecule has 6 nitrogen and oxygen atoms in total. The molecule has 0 fully saturated rings. The molecule has 1 amide bonds. The fourth-order valence-electron chi connectivity index (χ4n) is 3.54. The fourth-order valence-corrected chi connectivity index (χ4v) is 3.54. The molecular formula is C22H25NO5. The van der Waals surface area contributed by atoms with Crippen LogP contribution in [0.2, 0.25) is 0 Å². The van der Waals surface area contributed by atoms with E-state index in [-0.39, 0.29) is 24.9 Å². The highest BCUT2D eigenvalue weighted by atomic mass is 16.6. The van der Waals surface area contributed by atoms with Crippen LogP contribution in [0.25, 0.3) is 0 Å². The average Bonchev–Trinajstić information content (AvgIpc) is 2.71. The summed E-state index contributed by atoms with van der Waals surface area (Å²) in [6, 6.07) is 12.9. The maximum absolute atomic E-state index is 12.8. The van der Waals surface area contributed by atoms with Gasteiger partial charge in [-0.2, -0.15) is 0 Å². The van der Waals surface area contributed by atoms with E-state index in [2.05, 4.69) is 0 Å². The summed E-state index contributed by atoms with van der Waals surface area (Å²) in [6.07, 6.45) is 0.462. The molecule has 2 aromatic carbocycles. The van der Waals surface area contributed by atoms with Crippen molar-refractivity contribution in [2.45, 2.75) is 32.4 Å². The molecule has 6 heteroatoms. The van der Waals surface area contributed by atoms with Crippen molar-refractivity contribution in [3.8, 4) is 11.5 Å². The van der Waals surface area contributed by atoms with Crippen LogP contribution in [0.3, 0.4) is 0 Å². The number of ketones is 1. The van der Waals surface area contributed by atoms with Gasteiger partial charge in [-0.15, -0.1) is 0 Å². The lowest BCUT2D eigenvalue weighted by Gasteiger charge is -2.36. The number of fused-ring (bicyclic) bond motifs is 1. The van der Waals surface area contributed by atoms with E-state index in [9.17, 15) is 9.59 Å².